The maximum absolute atomic E-state index is 12.6. The first kappa shape index (κ1) is 14.1. The zero-order valence-corrected chi connectivity index (χ0v) is 10.4. The number of benzene rings is 1. The lowest BCUT2D eigenvalue weighted by Gasteiger charge is -2.24. The Labute approximate surface area is 103 Å². The van der Waals surface area contributed by atoms with Crippen LogP contribution in [0.4, 0.5) is 13.2 Å². The monoisotopic (exact) mass is 267 g/mol. The van der Waals surface area contributed by atoms with Crippen molar-refractivity contribution in [1.29, 1.82) is 0 Å². The van der Waals surface area contributed by atoms with Gasteiger partial charge in [0.05, 0.1) is 17.7 Å². The molecule has 1 aromatic carbocycles. The molecule has 0 radical (unpaired) electrons. The average Bonchev–Trinajstić information content (AvgIpc) is 2.13. The number of halogens is 4. The predicted molar refractivity (Wildman–Crippen MR) is 60.2 cm³/mol. The van der Waals surface area contributed by atoms with E-state index in [4.69, 9.17) is 22.1 Å². The molecule has 6 heteroatoms. The smallest absolute Gasteiger partial charge is 0.416 e. The Balaban J connectivity index is 3.51. The highest BCUT2D eigenvalue weighted by Crippen LogP contribution is 2.40. The summed E-state index contributed by atoms with van der Waals surface area (Å²) in [6, 6.07) is 1.79. The van der Waals surface area contributed by atoms with E-state index in [9.17, 15) is 13.2 Å². The minimum absolute atomic E-state index is 0.101. The fourth-order valence-corrected chi connectivity index (χ4v) is 1.74. The van der Waals surface area contributed by atoms with Crippen LogP contribution < -0.4 is 10.5 Å². The summed E-state index contributed by atoms with van der Waals surface area (Å²) in [5, 5.41) is -0.101. The number of methoxy groups -OCH3 is 1. The molecule has 0 aromatic heterocycles. The molecule has 1 rings (SSSR count). The zero-order chi connectivity index (χ0) is 13.4. The van der Waals surface area contributed by atoms with Crippen LogP contribution in [0.25, 0.3) is 0 Å². The van der Waals surface area contributed by atoms with Crippen molar-refractivity contribution in [1.82, 2.24) is 0 Å². The van der Waals surface area contributed by atoms with Crippen LogP contribution in [-0.2, 0) is 11.7 Å². The second-order valence-corrected chi connectivity index (χ2v) is 4.67. The van der Waals surface area contributed by atoms with E-state index in [1.165, 1.54) is 7.11 Å². The van der Waals surface area contributed by atoms with Gasteiger partial charge < -0.3 is 10.5 Å². The van der Waals surface area contributed by atoms with Crippen molar-refractivity contribution >= 4 is 11.6 Å². The molecule has 2 nitrogen and oxygen atoms in total. The Morgan fingerprint density at radius 3 is 2.12 bits per heavy atom. The molecule has 1 aromatic rings. The molecule has 0 aliphatic carbocycles. The van der Waals surface area contributed by atoms with E-state index in [0.29, 0.717) is 0 Å². The van der Waals surface area contributed by atoms with E-state index in [-0.39, 0.29) is 16.3 Å². The summed E-state index contributed by atoms with van der Waals surface area (Å²) in [6.45, 7) is 3.17. The summed E-state index contributed by atoms with van der Waals surface area (Å²) in [4.78, 5) is 0. The van der Waals surface area contributed by atoms with E-state index in [0.717, 1.165) is 12.1 Å². The van der Waals surface area contributed by atoms with Gasteiger partial charge >= 0.3 is 6.18 Å². The maximum atomic E-state index is 12.6. The van der Waals surface area contributed by atoms with Gasteiger partial charge in [0.2, 0.25) is 0 Å². The van der Waals surface area contributed by atoms with Gasteiger partial charge in [0.15, 0.2) is 0 Å². The fraction of sp³-hybridized carbons (Fsp3) is 0.455. The highest BCUT2D eigenvalue weighted by atomic mass is 35.5. The predicted octanol–water partition coefficient (Wildman–Crippen LogP) is 3.56. The lowest BCUT2D eigenvalue weighted by Crippen LogP contribution is -2.29. The molecule has 0 unspecified atom stereocenters. The lowest BCUT2D eigenvalue weighted by atomic mass is 9.93. The molecule has 17 heavy (non-hydrogen) atoms. The SMILES string of the molecule is COc1c(Cl)cc(C(F)(F)F)cc1C(C)(C)N. The maximum Gasteiger partial charge on any atom is 0.416 e. The van der Waals surface area contributed by atoms with Crippen molar-refractivity contribution in [2.75, 3.05) is 7.11 Å². The molecule has 0 saturated carbocycles. The molecule has 0 heterocycles. The van der Waals surface area contributed by atoms with Crippen LogP contribution in [0.1, 0.15) is 25.0 Å². The van der Waals surface area contributed by atoms with Gasteiger partial charge in [0.25, 0.3) is 0 Å². The summed E-state index contributed by atoms with van der Waals surface area (Å²) >= 11 is 5.77. The van der Waals surface area contributed by atoms with Crippen LogP contribution in [0.2, 0.25) is 5.02 Å². The minimum Gasteiger partial charge on any atom is -0.495 e. The third kappa shape index (κ3) is 3.04. The Kier molecular flexibility index (Phi) is 3.64. The third-order valence-corrected chi connectivity index (χ3v) is 2.55. The highest BCUT2D eigenvalue weighted by molar-refractivity contribution is 6.32. The van der Waals surface area contributed by atoms with Crippen molar-refractivity contribution in [3.05, 3.63) is 28.3 Å². The van der Waals surface area contributed by atoms with Crippen molar-refractivity contribution in [3.8, 4) is 5.75 Å². The Morgan fingerprint density at radius 1 is 1.24 bits per heavy atom. The summed E-state index contributed by atoms with van der Waals surface area (Å²) in [6.07, 6.45) is -4.46. The number of alkyl halides is 3. The van der Waals surface area contributed by atoms with Crippen LogP contribution in [0.15, 0.2) is 12.1 Å². The Morgan fingerprint density at radius 2 is 1.76 bits per heavy atom. The highest BCUT2D eigenvalue weighted by Gasteiger charge is 2.34. The molecular weight excluding hydrogens is 255 g/mol. The van der Waals surface area contributed by atoms with Crippen molar-refractivity contribution in [3.63, 3.8) is 0 Å². The molecule has 0 amide bonds. The number of rotatable bonds is 2. The van der Waals surface area contributed by atoms with Gasteiger partial charge in [0.1, 0.15) is 5.75 Å². The zero-order valence-electron chi connectivity index (χ0n) is 9.65. The minimum atomic E-state index is -4.46. The van der Waals surface area contributed by atoms with E-state index in [1.807, 2.05) is 0 Å². The molecule has 0 aliphatic rings. The van der Waals surface area contributed by atoms with Gasteiger partial charge in [-0.05, 0) is 26.0 Å². The number of hydrogen-bond donors (Lipinski definition) is 1. The second-order valence-electron chi connectivity index (χ2n) is 4.26. The third-order valence-electron chi connectivity index (χ3n) is 2.27. The number of ether oxygens (including phenoxy) is 1. The van der Waals surface area contributed by atoms with Gasteiger partial charge in [-0.3, -0.25) is 0 Å². The normalized spacial score (nSPS) is 12.7. The van der Waals surface area contributed by atoms with E-state index in [2.05, 4.69) is 0 Å². The van der Waals surface area contributed by atoms with E-state index in [1.54, 1.807) is 13.8 Å². The van der Waals surface area contributed by atoms with Gasteiger partial charge in [-0.2, -0.15) is 13.2 Å². The molecule has 2 N–H and O–H groups in total. The molecular formula is C11H13ClF3NO. The topological polar surface area (TPSA) is 35.2 Å². The largest absolute Gasteiger partial charge is 0.495 e. The molecule has 0 atom stereocenters. The first-order valence-electron chi connectivity index (χ1n) is 4.81. The number of hydrogen-bond acceptors (Lipinski definition) is 2. The summed E-state index contributed by atoms with van der Waals surface area (Å²) in [7, 11) is 1.34. The molecule has 0 aliphatic heterocycles. The average molecular weight is 268 g/mol. The van der Waals surface area contributed by atoms with Gasteiger partial charge in [-0.25, -0.2) is 0 Å². The second kappa shape index (κ2) is 4.38. The molecule has 0 saturated heterocycles. The molecule has 0 fully saturated rings. The van der Waals surface area contributed by atoms with Crippen molar-refractivity contribution in [2.45, 2.75) is 25.6 Å². The quantitative estimate of drug-likeness (QED) is 0.889. The lowest BCUT2D eigenvalue weighted by molar-refractivity contribution is -0.137. The van der Waals surface area contributed by atoms with Gasteiger partial charge in [0, 0.05) is 11.1 Å². The van der Waals surface area contributed by atoms with Crippen LogP contribution in [-0.4, -0.2) is 7.11 Å². The van der Waals surface area contributed by atoms with Gasteiger partial charge in [-0.1, -0.05) is 11.6 Å². The van der Waals surface area contributed by atoms with Crippen LogP contribution >= 0.6 is 11.6 Å². The molecule has 0 bridgehead atoms. The van der Waals surface area contributed by atoms with Crippen LogP contribution in [0, 0.1) is 0 Å². The van der Waals surface area contributed by atoms with E-state index >= 15 is 0 Å². The fourth-order valence-electron chi connectivity index (χ4n) is 1.44. The summed E-state index contributed by atoms with van der Waals surface area (Å²) < 4.78 is 42.9. The first-order chi connectivity index (χ1) is 7.57. The van der Waals surface area contributed by atoms with Gasteiger partial charge in [-0.15, -0.1) is 0 Å². The van der Waals surface area contributed by atoms with Crippen LogP contribution in [0.5, 0.6) is 5.75 Å². The van der Waals surface area contributed by atoms with Crippen LogP contribution in [0.3, 0.4) is 0 Å². The summed E-state index contributed by atoms with van der Waals surface area (Å²) in [5.74, 6) is 0.173. The summed E-state index contributed by atoms with van der Waals surface area (Å²) in [5.41, 5.74) is 4.22. The molecule has 96 valence electrons. The van der Waals surface area contributed by atoms with Crippen molar-refractivity contribution in [2.24, 2.45) is 5.73 Å². The Bertz CT molecular complexity index is 424. The standard InChI is InChI=1S/C11H13ClF3NO/c1-10(2,16)7-4-6(11(13,14)15)5-8(12)9(7)17-3/h4-5H,16H2,1-3H3. The van der Waals surface area contributed by atoms with Crippen molar-refractivity contribution < 1.29 is 17.9 Å². The number of nitrogens with two attached hydrogens (primary N) is 1. The Hall–Kier alpha value is -0.940. The molecule has 0 spiro atoms. The van der Waals surface area contributed by atoms with E-state index < -0.39 is 17.3 Å². The first-order valence-corrected chi connectivity index (χ1v) is 5.19.